The Bertz CT molecular complexity index is 131. The summed E-state index contributed by atoms with van der Waals surface area (Å²) in [5, 5.41) is 0. The van der Waals surface area contributed by atoms with Gasteiger partial charge in [0.1, 0.15) is 0 Å². The average molecular weight is 162 g/mol. The first-order valence-corrected chi connectivity index (χ1v) is 5.22. The number of rotatable bonds is 0. The molecule has 2 saturated heterocycles. The van der Waals surface area contributed by atoms with E-state index in [1.54, 1.807) is 0 Å². The Hall–Kier alpha value is 0.110. The monoisotopic (exact) mass is 162 g/mol. The fraction of sp³-hybridized carbons (Fsp3) is 1.00. The molecular formula is C7H14O2S. The second-order valence-corrected chi connectivity index (χ2v) is 4.18. The minimum atomic E-state index is -0.490. The van der Waals surface area contributed by atoms with Crippen molar-refractivity contribution in [1.29, 1.82) is 0 Å². The predicted octanol–water partition coefficient (Wildman–Crippen LogP) is 0.791. The Morgan fingerprint density at radius 1 is 1.30 bits per heavy atom. The van der Waals surface area contributed by atoms with Crippen molar-refractivity contribution < 1.29 is 8.95 Å². The Morgan fingerprint density at radius 2 is 1.80 bits per heavy atom. The van der Waals surface area contributed by atoms with Crippen LogP contribution in [0.25, 0.3) is 0 Å². The first-order valence-electron chi connectivity index (χ1n) is 3.74. The maximum atomic E-state index is 10.6. The van der Waals surface area contributed by atoms with E-state index in [0.29, 0.717) is 5.41 Å². The minimum absolute atomic E-state index is 0.394. The average Bonchev–Trinajstić information content (AvgIpc) is 1.82. The largest absolute Gasteiger partial charge is 0.380 e. The van der Waals surface area contributed by atoms with Crippen molar-refractivity contribution in [2.45, 2.75) is 13.8 Å². The van der Waals surface area contributed by atoms with Crippen molar-refractivity contribution in [2.24, 2.45) is 5.41 Å². The van der Waals surface area contributed by atoms with Gasteiger partial charge in [-0.25, -0.2) is 0 Å². The van der Waals surface area contributed by atoms with E-state index in [4.69, 9.17) is 4.74 Å². The van der Waals surface area contributed by atoms with Crippen LogP contribution in [0.2, 0.25) is 0 Å². The fourth-order valence-electron chi connectivity index (χ4n) is 1.20. The molecule has 0 unspecified atom stereocenters. The highest BCUT2D eigenvalue weighted by atomic mass is 32.2. The van der Waals surface area contributed by atoms with Gasteiger partial charge < -0.3 is 4.74 Å². The minimum Gasteiger partial charge on any atom is -0.380 e. The Labute approximate surface area is 64.4 Å². The third kappa shape index (κ3) is 1.25. The molecule has 0 aromatic rings. The van der Waals surface area contributed by atoms with E-state index in [1.807, 2.05) is 13.8 Å². The molecule has 10 heavy (non-hydrogen) atoms. The van der Waals surface area contributed by atoms with Gasteiger partial charge in [0.15, 0.2) is 0 Å². The molecule has 2 heterocycles. The highest BCUT2D eigenvalue weighted by Crippen LogP contribution is 2.37. The molecule has 0 aliphatic carbocycles. The van der Waals surface area contributed by atoms with Crippen LogP contribution in [0.15, 0.2) is 0 Å². The quantitative estimate of drug-likeness (QED) is 0.526. The molecule has 0 bridgehead atoms. The van der Waals surface area contributed by atoms with Gasteiger partial charge >= 0.3 is 0 Å². The van der Waals surface area contributed by atoms with E-state index in [9.17, 15) is 4.21 Å². The molecule has 2 aliphatic heterocycles. The summed E-state index contributed by atoms with van der Waals surface area (Å²) in [6.45, 7) is 5.72. The molecule has 0 radical (unpaired) electrons. The third-order valence-electron chi connectivity index (χ3n) is 1.75. The summed E-state index contributed by atoms with van der Waals surface area (Å²) in [6.07, 6.45) is 0. The predicted molar refractivity (Wildman–Crippen MR) is 42.5 cm³/mol. The normalized spacial score (nSPS) is 27.8. The first-order chi connectivity index (χ1) is 4.81. The van der Waals surface area contributed by atoms with E-state index in [0.717, 1.165) is 24.7 Å². The summed E-state index contributed by atoms with van der Waals surface area (Å²) in [4.78, 5) is 0. The fourth-order valence-corrected chi connectivity index (χ4v) is 2.81. The molecular weight excluding hydrogens is 148 g/mol. The summed E-state index contributed by atoms with van der Waals surface area (Å²) in [5.74, 6) is 1.79. The van der Waals surface area contributed by atoms with E-state index in [1.165, 1.54) is 0 Å². The van der Waals surface area contributed by atoms with Crippen molar-refractivity contribution in [2.75, 3.05) is 24.7 Å². The van der Waals surface area contributed by atoms with Crippen molar-refractivity contribution in [3.63, 3.8) is 0 Å². The first kappa shape index (κ1) is 8.21. The lowest BCUT2D eigenvalue weighted by Gasteiger charge is -2.47. The number of ether oxygens (including phenoxy) is 1. The zero-order valence-corrected chi connectivity index (χ0v) is 7.37. The van der Waals surface area contributed by atoms with Gasteiger partial charge in [-0.1, -0.05) is 13.8 Å². The van der Waals surface area contributed by atoms with Gasteiger partial charge in [0.2, 0.25) is 0 Å². The zero-order valence-electron chi connectivity index (χ0n) is 6.55. The Kier molecular flexibility index (Phi) is 2.47. The highest BCUT2D eigenvalue weighted by molar-refractivity contribution is 7.86. The van der Waals surface area contributed by atoms with Gasteiger partial charge in [0.05, 0.1) is 13.2 Å². The van der Waals surface area contributed by atoms with Gasteiger partial charge in [-0.15, -0.1) is 0 Å². The van der Waals surface area contributed by atoms with Crippen LogP contribution in [0.4, 0.5) is 0 Å². The maximum absolute atomic E-state index is 10.6. The van der Waals surface area contributed by atoms with Crippen molar-refractivity contribution in [3.05, 3.63) is 0 Å². The van der Waals surface area contributed by atoms with Gasteiger partial charge in [-0.2, -0.15) is 0 Å². The maximum Gasteiger partial charge on any atom is 0.0562 e. The van der Waals surface area contributed by atoms with Crippen LogP contribution in [-0.2, 0) is 15.5 Å². The summed E-state index contributed by atoms with van der Waals surface area (Å²) in [7, 11) is -0.490. The number of hydrogen-bond acceptors (Lipinski definition) is 2. The molecule has 0 saturated carbocycles. The van der Waals surface area contributed by atoms with Crippen LogP contribution in [0, 0.1) is 5.41 Å². The lowest BCUT2D eigenvalue weighted by molar-refractivity contribution is -0.0916. The second-order valence-electron chi connectivity index (χ2n) is 2.72. The Balaban J connectivity index is 0.000000231. The van der Waals surface area contributed by atoms with Crippen molar-refractivity contribution >= 4 is 10.8 Å². The summed E-state index contributed by atoms with van der Waals surface area (Å²) in [6, 6.07) is 0. The van der Waals surface area contributed by atoms with Gasteiger partial charge in [0.25, 0.3) is 0 Å². The summed E-state index contributed by atoms with van der Waals surface area (Å²) < 4.78 is 15.6. The lowest BCUT2D eigenvalue weighted by Crippen LogP contribution is -2.58. The molecule has 0 aromatic heterocycles. The molecule has 3 heteroatoms. The van der Waals surface area contributed by atoms with Gasteiger partial charge in [-0.3, -0.25) is 4.21 Å². The summed E-state index contributed by atoms with van der Waals surface area (Å²) >= 11 is 0. The number of hydrogen-bond donors (Lipinski definition) is 0. The molecule has 1 spiro atoms. The molecule has 0 amide bonds. The third-order valence-corrected chi connectivity index (χ3v) is 3.62. The molecule has 2 fully saturated rings. The van der Waals surface area contributed by atoms with Crippen LogP contribution in [0.1, 0.15) is 13.8 Å². The van der Waals surface area contributed by atoms with E-state index in [2.05, 4.69) is 0 Å². The SMILES string of the molecule is CC.O=S1CC2(COC2)C1. The van der Waals surface area contributed by atoms with Crippen LogP contribution >= 0.6 is 0 Å². The van der Waals surface area contributed by atoms with E-state index < -0.39 is 10.8 Å². The van der Waals surface area contributed by atoms with Crippen LogP contribution in [0.5, 0.6) is 0 Å². The zero-order chi connectivity index (χ0) is 7.61. The molecule has 0 N–H and O–H groups in total. The lowest BCUT2D eigenvalue weighted by atomic mass is 9.90. The molecule has 0 atom stereocenters. The van der Waals surface area contributed by atoms with Crippen LogP contribution < -0.4 is 0 Å². The highest BCUT2D eigenvalue weighted by Gasteiger charge is 2.48. The molecule has 2 rings (SSSR count). The topological polar surface area (TPSA) is 26.3 Å². The molecule has 2 nitrogen and oxygen atoms in total. The Morgan fingerprint density at radius 3 is 1.90 bits per heavy atom. The van der Waals surface area contributed by atoms with Crippen LogP contribution in [0.3, 0.4) is 0 Å². The molecule has 0 aromatic carbocycles. The van der Waals surface area contributed by atoms with E-state index >= 15 is 0 Å². The van der Waals surface area contributed by atoms with Crippen LogP contribution in [-0.4, -0.2) is 28.9 Å². The van der Waals surface area contributed by atoms with Gasteiger partial charge in [0, 0.05) is 27.7 Å². The van der Waals surface area contributed by atoms with E-state index in [-0.39, 0.29) is 0 Å². The van der Waals surface area contributed by atoms with Crippen molar-refractivity contribution in [3.8, 4) is 0 Å². The summed E-state index contributed by atoms with van der Waals surface area (Å²) in [5.41, 5.74) is 0.394. The van der Waals surface area contributed by atoms with Gasteiger partial charge in [-0.05, 0) is 0 Å². The standard InChI is InChI=1S/C5H8O2S.C2H6/c6-8-3-5(4-8)1-7-2-5;1-2/h1-4H2;1-2H3. The smallest absolute Gasteiger partial charge is 0.0562 e. The van der Waals surface area contributed by atoms with Crippen molar-refractivity contribution in [1.82, 2.24) is 0 Å². The second kappa shape index (κ2) is 3.01. The molecule has 2 aliphatic rings. The molecule has 60 valence electrons.